The van der Waals surface area contributed by atoms with Gasteiger partial charge in [-0.25, -0.2) is 0 Å². The predicted octanol–water partition coefficient (Wildman–Crippen LogP) is 2.41. The van der Waals surface area contributed by atoms with Gasteiger partial charge in [-0.15, -0.1) is 0 Å². The van der Waals surface area contributed by atoms with Crippen LogP contribution in [0.2, 0.25) is 0 Å². The first-order valence-electron chi connectivity index (χ1n) is 5.82. The second-order valence-corrected chi connectivity index (χ2v) is 4.72. The summed E-state index contributed by atoms with van der Waals surface area (Å²) in [5, 5.41) is 10.7. The number of non-ortho nitro benzene ring substituents is 1. The fourth-order valence-corrected chi connectivity index (χ4v) is 2.11. The third-order valence-electron chi connectivity index (χ3n) is 3.33. The van der Waals surface area contributed by atoms with Gasteiger partial charge in [-0.3, -0.25) is 10.1 Å². The molecule has 0 aromatic heterocycles. The van der Waals surface area contributed by atoms with Gasteiger partial charge in [0, 0.05) is 37.1 Å². The Morgan fingerprint density at radius 1 is 1.47 bits per heavy atom. The maximum absolute atomic E-state index is 10.7. The van der Waals surface area contributed by atoms with Crippen molar-refractivity contribution in [2.75, 3.05) is 24.2 Å². The largest absolute Gasteiger partial charge is 0.398 e. The zero-order valence-corrected chi connectivity index (χ0v) is 9.93. The summed E-state index contributed by atoms with van der Waals surface area (Å²) in [5.41, 5.74) is 7.00. The summed E-state index contributed by atoms with van der Waals surface area (Å²) in [6.45, 7) is 0.945. The van der Waals surface area contributed by atoms with Crippen molar-refractivity contribution in [2.24, 2.45) is 5.92 Å². The summed E-state index contributed by atoms with van der Waals surface area (Å²) in [6, 6.07) is 4.75. The number of anilines is 2. The molecular formula is C12H17N3O2. The molecule has 0 unspecified atom stereocenters. The van der Waals surface area contributed by atoms with Crippen molar-refractivity contribution in [1.82, 2.24) is 0 Å². The summed E-state index contributed by atoms with van der Waals surface area (Å²) >= 11 is 0. The topological polar surface area (TPSA) is 72.4 Å². The molecule has 1 fully saturated rings. The molecule has 0 atom stereocenters. The normalized spacial score (nSPS) is 15.4. The van der Waals surface area contributed by atoms with Crippen LogP contribution in [0.5, 0.6) is 0 Å². The monoisotopic (exact) mass is 235 g/mol. The Kier molecular flexibility index (Phi) is 3.17. The lowest BCUT2D eigenvalue weighted by molar-refractivity contribution is -0.384. The zero-order chi connectivity index (χ0) is 12.4. The lowest BCUT2D eigenvalue weighted by atomic mass is 9.85. The van der Waals surface area contributed by atoms with E-state index in [1.54, 1.807) is 12.1 Å². The van der Waals surface area contributed by atoms with Crippen molar-refractivity contribution >= 4 is 17.1 Å². The lowest BCUT2D eigenvalue weighted by Gasteiger charge is -2.31. The van der Waals surface area contributed by atoms with Crippen LogP contribution in [0.4, 0.5) is 17.1 Å². The van der Waals surface area contributed by atoms with Crippen LogP contribution in [0.1, 0.15) is 19.3 Å². The van der Waals surface area contributed by atoms with E-state index in [0.717, 1.165) is 18.2 Å². The number of hydrogen-bond acceptors (Lipinski definition) is 4. The molecule has 0 spiro atoms. The van der Waals surface area contributed by atoms with E-state index in [1.165, 1.54) is 25.3 Å². The molecule has 0 heterocycles. The van der Waals surface area contributed by atoms with E-state index >= 15 is 0 Å². The second kappa shape index (κ2) is 4.61. The van der Waals surface area contributed by atoms with E-state index < -0.39 is 4.92 Å². The Morgan fingerprint density at radius 3 is 2.71 bits per heavy atom. The van der Waals surface area contributed by atoms with Gasteiger partial charge in [-0.1, -0.05) is 6.42 Å². The predicted molar refractivity (Wildman–Crippen MR) is 68.1 cm³/mol. The summed E-state index contributed by atoms with van der Waals surface area (Å²) in [4.78, 5) is 12.4. The summed E-state index contributed by atoms with van der Waals surface area (Å²) in [5.74, 6) is 0.723. The van der Waals surface area contributed by atoms with E-state index in [4.69, 9.17) is 5.73 Å². The molecular weight excluding hydrogens is 218 g/mol. The fourth-order valence-electron chi connectivity index (χ4n) is 2.11. The number of nitrogens with zero attached hydrogens (tertiary/aromatic N) is 2. The SMILES string of the molecule is CN(CC1CCC1)c1cc(N)cc([N+](=O)[O-])c1. The fraction of sp³-hybridized carbons (Fsp3) is 0.500. The molecule has 5 heteroatoms. The molecule has 0 radical (unpaired) electrons. The first-order chi connectivity index (χ1) is 8.06. The molecule has 0 amide bonds. The van der Waals surface area contributed by atoms with Crippen molar-refractivity contribution in [1.29, 1.82) is 0 Å². The summed E-state index contributed by atoms with van der Waals surface area (Å²) < 4.78 is 0. The zero-order valence-electron chi connectivity index (χ0n) is 9.93. The van der Waals surface area contributed by atoms with Gasteiger partial charge < -0.3 is 10.6 Å². The second-order valence-electron chi connectivity index (χ2n) is 4.72. The Hall–Kier alpha value is -1.78. The van der Waals surface area contributed by atoms with Gasteiger partial charge in [0.25, 0.3) is 5.69 Å². The first-order valence-corrected chi connectivity index (χ1v) is 5.82. The summed E-state index contributed by atoms with van der Waals surface area (Å²) in [7, 11) is 1.96. The van der Waals surface area contributed by atoms with Crippen LogP contribution in [0.25, 0.3) is 0 Å². The number of benzene rings is 1. The highest BCUT2D eigenvalue weighted by molar-refractivity contribution is 5.62. The minimum atomic E-state index is -0.406. The Morgan fingerprint density at radius 2 is 2.18 bits per heavy atom. The van der Waals surface area contributed by atoms with Gasteiger partial charge in [-0.2, -0.15) is 0 Å². The van der Waals surface area contributed by atoms with E-state index in [0.29, 0.717) is 5.69 Å². The highest BCUT2D eigenvalue weighted by Gasteiger charge is 2.20. The Bertz CT molecular complexity index is 430. The Balaban J connectivity index is 2.15. The first kappa shape index (κ1) is 11.7. The molecule has 2 N–H and O–H groups in total. The van der Waals surface area contributed by atoms with Crippen LogP contribution in [0, 0.1) is 16.0 Å². The van der Waals surface area contributed by atoms with Crippen LogP contribution in [-0.4, -0.2) is 18.5 Å². The molecule has 1 saturated carbocycles. The average molecular weight is 235 g/mol. The molecule has 0 saturated heterocycles. The highest BCUT2D eigenvalue weighted by atomic mass is 16.6. The number of nitro groups is 1. The molecule has 1 aliphatic carbocycles. The molecule has 1 aromatic rings. The van der Waals surface area contributed by atoms with Gasteiger partial charge in [-0.05, 0) is 24.8 Å². The minimum Gasteiger partial charge on any atom is -0.398 e. The maximum Gasteiger partial charge on any atom is 0.273 e. The van der Waals surface area contributed by atoms with Crippen molar-refractivity contribution < 1.29 is 4.92 Å². The number of nitro benzene ring substituents is 1. The van der Waals surface area contributed by atoms with Crippen LogP contribution >= 0.6 is 0 Å². The minimum absolute atomic E-state index is 0.0560. The van der Waals surface area contributed by atoms with Crippen LogP contribution in [-0.2, 0) is 0 Å². The van der Waals surface area contributed by atoms with E-state index in [-0.39, 0.29) is 5.69 Å². The number of rotatable bonds is 4. The van der Waals surface area contributed by atoms with Crippen LogP contribution < -0.4 is 10.6 Å². The van der Waals surface area contributed by atoms with Crippen molar-refractivity contribution in [2.45, 2.75) is 19.3 Å². The highest BCUT2D eigenvalue weighted by Crippen LogP contribution is 2.30. The molecule has 0 aliphatic heterocycles. The maximum atomic E-state index is 10.7. The van der Waals surface area contributed by atoms with Gasteiger partial charge >= 0.3 is 0 Å². The van der Waals surface area contributed by atoms with Crippen molar-refractivity contribution in [3.05, 3.63) is 28.3 Å². The van der Waals surface area contributed by atoms with Gasteiger partial charge in [0.1, 0.15) is 0 Å². The standard InChI is InChI=1S/C12H17N3O2/c1-14(8-9-3-2-4-9)11-5-10(13)6-12(7-11)15(16)17/h5-7,9H,2-4,8,13H2,1H3. The third-order valence-corrected chi connectivity index (χ3v) is 3.33. The molecule has 5 nitrogen and oxygen atoms in total. The van der Waals surface area contributed by atoms with Gasteiger partial charge in [0.05, 0.1) is 4.92 Å². The molecule has 1 aromatic carbocycles. The van der Waals surface area contributed by atoms with Gasteiger partial charge in [0.15, 0.2) is 0 Å². The van der Waals surface area contributed by atoms with E-state index in [9.17, 15) is 10.1 Å². The van der Waals surface area contributed by atoms with E-state index in [2.05, 4.69) is 0 Å². The van der Waals surface area contributed by atoms with Crippen LogP contribution in [0.15, 0.2) is 18.2 Å². The third kappa shape index (κ3) is 2.67. The lowest BCUT2D eigenvalue weighted by Crippen LogP contribution is -2.29. The molecule has 92 valence electrons. The van der Waals surface area contributed by atoms with Crippen molar-refractivity contribution in [3.63, 3.8) is 0 Å². The number of hydrogen-bond donors (Lipinski definition) is 1. The number of nitrogens with two attached hydrogens (primary N) is 1. The molecule has 2 rings (SSSR count). The number of nitrogen functional groups attached to an aromatic ring is 1. The molecule has 1 aliphatic rings. The quantitative estimate of drug-likeness (QED) is 0.494. The van der Waals surface area contributed by atoms with E-state index in [1.807, 2.05) is 11.9 Å². The molecule has 0 bridgehead atoms. The van der Waals surface area contributed by atoms with Gasteiger partial charge in [0.2, 0.25) is 0 Å². The van der Waals surface area contributed by atoms with Crippen LogP contribution in [0.3, 0.4) is 0 Å². The summed E-state index contributed by atoms with van der Waals surface area (Å²) in [6.07, 6.45) is 3.82. The Labute approximate surface area is 100 Å². The van der Waals surface area contributed by atoms with Crippen molar-refractivity contribution in [3.8, 4) is 0 Å². The smallest absolute Gasteiger partial charge is 0.273 e. The average Bonchev–Trinajstić information content (AvgIpc) is 2.22. The molecule has 17 heavy (non-hydrogen) atoms.